The number of hydrogen-bond donors (Lipinski definition) is 7. The smallest absolute Gasteiger partial charge is 0.258 e. The number of hydrogen-bond acceptors (Lipinski definition) is 11. The maximum atomic E-state index is 14.6. The Bertz CT molecular complexity index is 3420. The highest BCUT2D eigenvalue weighted by atomic mass is 19.1. The molecule has 2 aromatic heterocycles. The van der Waals surface area contributed by atoms with Gasteiger partial charge in [-0.25, -0.2) is 8.78 Å². The van der Waals surface area contributed by atoms with E-state index in [1.54, 1.807) is 123 Å². The highest BCUT2D eigenvalue weighted by Gasteiger charge is 2.44. The number of carbonyl (C=O) groups excluding carboxylic acids is 5. The number of carbonyl (C=O) groups is 5. The Morgan fingerprint density at radius 2 is 0.951 bits per heavy atom. The minimum atomic E-state index is -0.995. The topological polar surface area (TPSA) is 236 Å². The summed E-state index contributed by atoms with van der Waals surface area (Å²) in [4.78, 5) is 104. The number of rotatable bonds is 23. The number of likely N-dealkylation sites (N-methyl/N-ethyl adjacent to an activating group) is 2. The summed E-state index contributed by atoms with van der Waals surface area (Å²) in [5.41, 5.74) is 4.18. The summed E-state index contributed by atoms with van der Waals surface area (Å²) >= 11 is 0. The van der Waals surface area contributed by atoms with Crippen LogP contribution in [0, 0.1) is 11.6 Å². The molecule has 432 valence electrons. The summed E-state index contributed by atoms with van der Waals surface area (Å²) < 4.78 is 39.0. The molecule has 4 atom stereocenters. The van der Waals surface area contributed by atoms with Gasteiger partial charge >= 0.3 is 0 Å². The van der Waals surface area contributed by atoms with Crippen molar-refractivity contribution in [2.45, 2.75) is 102 Å². The van der Waals surface area contributed by atoms with E-state index in [4.69, 9.17) is 9.47 Å². The van der Waals surface area contributed by atoms with Crippen LogP contribution in [-0.4, -0.2) is 111 Å². The van der Waals surface area contributed by atoms with Gasteiger partial charge in [-0.2, -0.15) is 0 Å². The number of pyridine rings is 2. The lowest BCUT2D eigenvalue weighted by Gasteiger charge is -2.27. The summed E-state index contributed by atoms with van der Waals surface area (Å²) in [5, 5.41) is 14.5. The van der Waals surface area contributed by atoms with Gasteiger partial charge in [0.15, 0.2) is 6.61 Å². The van der Waals surface area contributed by atoms with Crippen molar-refractivity contribution in [2.75, 3.05) is 56.7 Å². The fourth-order valence-electron chi connectivity index (χ4n) is 10.1. The first-order chi connectivity index (χ1) is 39.0. The van der Waals surface area contributed by atoms with E-state index < -0.39 is 46.7 Å². The van der Waals surface area contributed by atoms with E-state index >= 15 is 0 Å². The number of aromatic amines is 2. The van der Waals surface area contributed by atoms with Crippen molar-refractivity contribution in [1.29, 1.82) is 0 Å². The van der Waals surface area contributed by atoms with Crippen LogP contribution in [-0.2, 0) is 60.5 Å². The van der Waals surface area contributed by atoms with E-state index in [1.807, 2.05) is 27.7 Å². The van der Waals surface area contributed by atoms with Gasteiger partial charge in [0.2, 0.25) is 23.6 Å². The first-order valence-corrected chi connectivity index (χ1v) is 27.3. The van der Waals surface area contributed by atoms with Gasteiger partial charge in [-0.3, -0.25) is 33.6 Å². The van der Waals surface area contributed by atoms with E-state index in [0.29, 0.717) is 51.0 Å². The van der Waals surface area contributed by atoms with Crippen LogP contribution in [0.5, 0.6) is 11.5 Å². The summed E-state index contributed by atoms with van der Waals surface area (Å²) in [6.45, 7) is 11.6. The molecule has 2 aliphatic rings. The zero-order chi connectivity index (χ0) is 59.0. The van der Waals surface area contributed by atoms with Crippen molar-refractivity contribution in [3.63, 3.8) is 0 Å². The van der Waals surface area contributed by atoms with Gasteiger partial charge in [0.05, 0.1) is 30.0 Å². The Kier molecular flexibility index (Phi) is 18.6. The van der Waals surface area contributed by atoms with Crippen LogP contribution in [0.25, 0.3) is 0 Å². The summed E-state index contributed by atoms with van der Waals surface area (Å²) in [6.07, 6.45) is 0.714. The summed E-state index contributed by atoms with van der Waals surface area (Å²) in [6, 6.07) is 25.9. The molecule has 0 fully saturated rings. The second kappa shape index (κ2) is 25.5. The van der Waals surface area contributed by atoms with E-state index in [9.17, 15) is 42.3 Å². The molecule has 18 nitrogen and oxygen atoms in total. The summed E-state index contributed by atoms with van der Waals surface area (Å²) in [5.74, 6) is -1.73. The van der Waals surface area contributed by atoms with E-state index in [1.165, 1.54) is 24.3 Å². The molecular weight excluding hydrogens is 1050 g/mol. The maximum Gasteiger partial charge on any atom is 0.258 e. The Labute approximate surface area is 474 Å². The number of H-pyrrole nitrogens is 2. The number of anilines is 2. The van der Waals surface area contributed by atoms with Gasteiger partial charge in [0.1, 0.15) is 41.8 Å². The third-order valence-corrected chi connectivity index (χ3v) is 15.1. The van der Waals surface area contributed by atoms with Crippen LogP contribution in [0.4, 0.5) is 20.2 Å². The number of fused-ring (bicyclic) bond motifs is 2. The van der Waals surface area contributed by atoms with E-state index in [2.05, 4.69) is 36.6 Å². The molecule has 0 radical (unpaired) electrons. The minimum absolute atomic E-state index is 0.123. The second-order valence-electron chi connectivity index (χ2n) is 22.3. The number of halogens is 2. The number of ether oxygens (including phenoxy) is 2. The van der Waals surface area contributed by atoms with Crippen molar-refractivity contribution >= 4 is 40.9 Å². The van der Waals surface area contributed by atoms with Crippen molar-refractivity contribution < 1.29 is 42.2 Å². The summed E-state index contributed by atoms with van der Waals surface area (Å²) in [7, 11) is 3.30. The lowest BCUT2D eigenvalue weighted by Crippen LogP contribution is -2.53. The first-order valence-electron chi connectivity index (χ1n) is 27.3. The Hall–Kier alpha value is -8.49. The molecule has 0 spiro atoms. The molecule has 0 unspecified atom stereocenters. The van der Waals surface area contributed by atoms with E-state index in [-0.39, 0.29) is 99.1 Å². The molecule has 6 aromatic rings. The second-order valence-corrected chi connectivity index (χ2v) is 22.3. The third-order valence-electron chi connectivity index (χ3n) is 15.1. The molecular formula is C62H71F2N9O9. The zero-order valence-electron chi connectivity index (χ0n) is 47.4. The number of amides is 5. The highest BCUT2D eigenvalue weighted by Crippen LogP contribution is 2.41. The van der Waals surface area contributed by atoms with E-state index in [0.717, 1.165) is 16.7 Å². The molecule has 7 N–H and O–H groups in total. The van der Waals surface area contributed by atoms with Crippen molar-refractivity contribution in [3.8, 4) is 11.5 Å². The maximum absolute atomic E-state index is 14.6. The lowest BCUT2D eigenvalue weighted by atomic mass is 9.91. The van der Waals surface area contributed by atoms with Gasteiger partial charge < -0.3 is 55.8 Å². The lowest BCUT2D eigenvalue weighted by molar-refractivity contribution is -0.128. The predicted octanol–water partition coefficient (Wildman–Crippen LogP) is 5.02. The van der Waals surface area contributed by atoms with Gasteiger partial charge in [0.25, 0.3) is 17.0 Å². The van der Waals surface area contributed by atoms with Gasteiger partial charge in [-0.05, 0) is 111 Å². The normalized spacial score (nSPS) is 15.3. The molecule has 8 rings (SSSR count). The number of benzene rings is 4. The average molecular weight is 1120 g/mol. The molecule has 0 saturated carbocycles. The average Bonchev–Trinajstić information content (AvgIpc) is 4.13. The molecule has 4 aromatic carbocycles. The Balaban J connectivity index is 0.844. The van der Waals surface area contributed by atoms with Crippen LogP contribution >= 0.6 is 0 Å². The van der Waals surface area contributed by atoms with Crippen LogP contribution in [0.2, 0.25) is 0 Å². The zero-order valence-corrected chi connectivity index (χ0v) is 47.4. The Morgan fingerprint density at radius 3 is 1.34 bits per heavy atom. The molecule has 20 heteroatoms. The SMILES string of the molecule is CN[C@@H](C)C(=O)N[C@@H](Cc1ccc(OCCNC(=O)COc2ccc(C[C@H](NC(=O)[C@H](C)NC)C(=O)N3CC(C)(C)c4[nH]c(=O)c(Cc5ccc(F)cc5)cc43)cc2)cc1)C(=O)N1CC(C)(C)c2[nH]c(=O)c(Cc3ccc(F)cc3)cc21. The largest absolute Gasteiger partial charge is 0.492 e. The van der Waals surface area contributed by atoms with Crippen molar-refractivity contribution in [1.82, 2.24) is 36.6 Å². The van der Waals surface area contributed by atoms with Crippen molar-refractivity contribution in [3.05, 3.63) is 186 Å². The fraction of sp³-hybridized carbons (Fsp3) is 0.371. The quantitative estimate of drug-likeness (QED) is 0.0421. The highest BCUT2D eigenvalue weighted by molar-refractivity contribution is 6.03. The molecule has 0 saturated heterocycles. The van der Waals surface area contributed by atoms with Gasteiger partial charge in [-0.15, -0.1) is 0 Å². The number of nitrogens with one attached hydrogen (secondary N) is 7. The molecule has 2 aliphatic heterocycles. The molecule has 0 bridgehead atoms. The van der Waals surface area contributed by atoms with Crippen LogP contribution < -0.4 is 57.0 Å². The molecule has 5 amide bonds. The van der Waals surface area contributed by atoms with Crippen molar-refractivity contribution in [2.24, 2.45) is 0 Å². The van der Waals surface area contributed by atoms with Crippen LogP contribution in [0.1, 0.15) is 86.3 Å². The van der Waals surface area contributed by atoms with Crippen LogP contribution in [0.3, 0.4) is 0 Å². The van der Waals surface area contributed by atoms with Gasteiger partial charge in [-0.1, -0.05) is 76.2 Å². The predicted molar refractivity (Wildman–Crippen MR) is 308 cm³/mol. The molecule has 0 aliphatic carbocycles. The molecule has 4 heterocycles. The monoisotopic (exact) mass is 1120 g/mol. The number of nitrogens with zero attached hydrogens (tertiary/aromatic N) is 2. The van der Waals surface area contributed by atoms with Gasteiger partial charge in [0, 0.05) is 72.1 Å². The third kappa shape index (κ3) is 14.3. The fourth-order valence-corrected chi connectivity index (χ4v) is 10.1. The standard InChI is InChI=1S/C62H71F2N9O9/c1-36(65-7)55(75)68-48(59(79)72-34-61(3,4)53-50(72)31-42(57(77)70-53)27-38-9-17-44(63)18-10-38)29-40-13-21-46(22-14-40)81-26-25-67-52(74)33-82-47-23-15-41(16-24-47)30-49(69-56(76)37(2)66-8)60(80)73-35-62(5,6)54-51(73)32-43(58(78)71-54)28-39-11-19-45(64)20-12-39/h9-24,31-32,36-37,48-49,65-66H,25-30,33-35H2,1-8H3,(H,67,74)(H,68,75)(H,69,76)(H,70,77)(H,71,78)/t36-,37-,48-,49-/m0/s1. The van der Waals surface area contributed by atoms with Crippen LogP contribution in [0.15, 0.2) is 119 Å². The molecule has 82 heavy (non-hydrogen) atoms. The minimum Gasteiger partial charge on any atom is -0.492 e. The Morgan fingerprint density at radius 1 is 0.573 bits per heavy atom. The first kappa shape index (κ1) is 59.6. The number of aromatic nitrogens is 2.